The molecule has 0 N–H and O–H groups in total. The third-order valence-corrected chi connectivity index (χ3v) is 8.65. The van der Waals surface area contributed by atoms with Gasteiger partial charge in [0.05, 0.1) is 0 Å². The van der Waals surface area contributed by atoms with Gasteiger partial charge < -0.3 is 14.2 Å². The van der Waals surface area contributed by atoms with Gasteiger partial charge in [-0.25, -0.2) is 0 Å². The van der Waals surface area contributed by atoms with Gasteiger partial charge in [-0.1, -0.05) is 163 Å². The van der Waals surface area contributed by atoms with Crippen LogP contribution in [0.4, 0.5) is 0 Å². The van der Waals surface area contributed by atoms with Crippen molar-refractivity contribution >= 4 is 17.9 Å². The van der Waals surface area contributed by atoms with Crippen molar-refractivity contribution in [1.82, 2.24) is 0 Å². The monoisotopic (exact) mass is 625 g/mol. The molecular weight excluding hydrogens is 552 g/mol. The second kappa shape index (κ2) is 32.8. The zero-order chi connectivity index (χ0) is 32.5. The van der Waals surface area contributed by atoms with Crippen LogP contribution in [0.5, 0.6) is 0 Å². The summed E-state index contributed by atoms with van der Waals surface area (Å²) in [6.07, 6.45) is 28.3. The van der Waals surface area contributed by atoms with Crippen molar-refractivity contribution < 1.29 is 28.6 Å². The van der Waals surface area contributed by atoms with E-state index >= 15 is 0 Å². The number of carbonyl (C=O) groups excluding carboxylic acids is 3. The number of carbonyl (C=O) groups is 3. The highest BCUT2D eigenvalue weighted by Crippen LogP contribution is 2.16. The lowest BCUT2D eigenvalue weighted by molar-refractivity contribution is -0.167. The van der Waals surface area contributed by atoms with E-state index < -0.39 is 6.10 Å². The summed E-state index contributed by atoms with van der Waals surface area (Å²) in [6.45, 7) is 8.86. The maximum absolute atomic E-state index is 12.4. The topological polar surface area (TPSA) is 78.9 Å². The Hall–Kier alpha value is -1.59. The van der Waals surface area contributed by atoms with Crippen LogP contribution in [0, 0.1) is 5.92 Å². The van der Waals surface area contributed by atoms with Gasteiger partial charge in [0, 0.05) is 19.3 Å². The number of hydrogen-bond acceptors (Lipinski definition) is 6. The quantitative estimate of drug-likeness (QED) is 0.0410. The average Bonchev–Trinajstić information content (AvgIpc) is 3.02. The third-order valence-electron chi connectivity index (χ3n) is 8.65. The predicted molar refractivity (Wildman–Crippen MR) is 183 cm³/mol. The van der Waals surface area contributed by atoms with Gasteiger partial charge >= 0.3 is 17.9 Å². The summed E-state index contributed by atoms with van der Waals surface area (Å²) >= 11 is 0. The first-order valence-electron chi connectivity index (χ1n) is 18.9. The molecule has 6 heteroatoms. The summed E-state index contributed by atoms with van der Waals surface area (Å²) < 4.78 is 16.4. The van der Waals surface area contributed by atoms with Crippen molar-refractivity contribution in [3.8, 4) is 0 Å². The molecule has 0 heterocycles. The standard InChI is InChI=1S/C38H72O6/c1-5-8-10-12-17-22-25-29-36(39)42-32-35(44-38(41)31-27-20-11-9-6-2)33-43-37(40)30-26-23-19-16-14-13-15-18-21-24-28-34(4)7-3/h34-35H,5-33H2,1-4H3/t34?,35-/m1/s1. The van der Waals surface area contributed by atoms with Crippen LogP contribution in [0.1, 0.15) is 201 Å². The van der Waals surface area contributed by atoms with Gasteiger partial charge in [-0.15, -0.1) is 0 Å². The smallest absolute Gasteiger partial charge is 0.306 e. The van der Waals surface area contributed by atoms with E-state index in [1.807, 2.05) is 0 Å². The van der Waals surface area contributed by atoms with E-state index in [1.54, 1.807) is 0 Å². The SMILES string of the molecule is CCCCCCCCCC(=O)OC[C@H](COC(=O)CCCCCCCCCCCCC(C)CC)OC(=O)CCCCCCC. The van der Waals surface area contributed by atoms with Crippen LogP contribution in [0.3, 0.4) is 0 Å². The molecule has 0 aromatic heterocycles. The largest absolute Gasteiger partial charge is 0.462 e. The maximum Gasteiger partial charge on any atom is 0.306 e. The highest BCUT2D eigenvalue weighted by molar-refractivity contribution is 5.71. The molecule has 260 valence electrons. The van der Waals surface area contributed by atoms with Crippen molar-refractivity contribution in [3.05, 3.63) is 0 Å². The predicted octanol–water partition coefficient (Wildman–Crippen LogP) is 11.2. The summed E-state index contributed by atoms with van der Waals surface area (Å²) in [7, 11) is 0. The first kappa shape index (κ1) is 42.4. The van der Waals surface area contributed by atoms with Gasteiger partial charge in [0.25, 0.3) is 0 Å². The van der Waals surface area contributed by atoms with E-state index in [0.29, 0.717) is 19.3 Å². The lowest BCUT2D eigenvalue weighted by Crippen LogP contribution is -2.30. The van der Waals surface area contributed by atoms with Gasteiger partial charge in [-0.3, -0.25) is 14.4 Å². The van der Waals surface area contributed by atoms with Gasteiger partial charge in [0.1, 0.15) is 13.2 Å². The van der Waals surface area contributed by atoms with Crippen LogP contribution in [0.25, 0.3) is 0 Å². The summed E-state index contributed by atoms with van der Waals surface area (Å²) in [6, 6.07) is 0. The van der Waals surface area contributed by atoms with Crippen LogP contribution < -0.4 is 0 Å². The molecule has 0 aromatic rings. The van der Waals surface area contributed by atoms with E-state index in [0.717, 1.165) is 70.1 Å². The minimum atomic E-state index is -0.755. The van der Waals surface area contributed by atoms with Crippen molar-refractivity contribution in [2.45, 2.75) is 207 Å². The molecule has 0 aliphatic heterocycles. The molecule has 0 radical (unpaired) electrons. The average molecular weight is 625 g/mol. The van der Waals surface area contributed by atoms with E-state index in [1.165, 1.54) is 89.9 Å². The van der Waals surface area contributed by atoms with Crippen LogP contribution >= 0.6 is 0 Å². The molecule has 0 saturated heterocycles. The van der Waals surface area contributed by atoms with Crippen LogP contribution in [-0.4, -0.2) is 37.2 Å². The zero-order valence-electron chi connectivity index (χ0n) is 29.6. The zero-order valence-corrected chi connectivity index (χ0v) is 29.6. The van der Waals surface area contributed by atoms with Gasteiger partial charge in [0.2, 0.25) is 0 Å². The molecule has 1 unspecified atom stereocenters. The fourth-order valence-corrected chi connectivity index (χ4v) is 5.36. The van der Waals surface area contributed by atoms with Gasteiger partial charge in [-0.05, 0) is 25.2 Å². The minimum absolute atomic E-state index is 0.0670. The van der Waals surface area contributed by atoms with Crippen molar-refractivity contribution in [2.75, 3.05) is 13.2 Å². The molecule has 0 aliphatic rings. The van der Waals surface area contributed by atoms with Crippen LogP contribution in [0.2, 0.25) is 0 Å². The lowest BCUT2D eigenvalue weighted by Gasteiger charge is -2.18. The summed E-state index contributed by atoms with van der Waals surface area (Å²) in [5, 5.41) is 0. The Kier molecular flexibility index (Phi) is 31.6. The molecule has 0 fully saturated rings. The molecule has 0 aromatic carbocycles. The molecule has 0 saturated carbocycles. The Morgan fingerprint density at radius 2 is 0.795 bits per heavy atom. The first-order chi connectivity index (χ1) is 21.4. The van der Waals surface area contributed by atoms with Crippen molar-refractivity contribution in [2.24, 2.45) is 5.92 Å². The molecular formula is C38H72O6. The highest BCUT2D eigenvalue weighted by atomic mass is 16.6. The Balaban J connectivity index is 4.19. The minimum Gasteiger partial charge on any atom is -0.462 e. The normalized spacial score (nSPS) is 12.5. The Morgan fingerprint density at radius 3 is 1.18 bits per heavy atom. The van der Waals surface area contributed by atoms with E-state index in [2.05, 4.69) is 27.7 Å². The Labute approximate surface area is 272 Å². The molecule has 2 atom stereocenters. The molecule has 44 heavy (non-hydrogen) atoms. The number of esters is 3. The van der Waals surface area contributed by atoms with E-state index in [-0.39, 0.29) is 31.1 Å². The number of ether oxygens (including phenoxy) is 3. The van der Waals surface area contributed by atoms with Gasteiger partial charge in [-0.2, -0.15) is 0 Å². The summed E-state index contributed by atoms with van der Waals surface area (Å²) in [4.78, 5) is 37.0. The third kappa shape index (κ3) is 30.4. The van der Waals surface area contributed by atoms with Crippen LogP contribution in [-0.2, 0) is 28.6 Å². The summed E-state index contributed by atoms with van der Waals surface area (Å²) in [5.41, 5.74) is 0. The van der Waals surface area contributed by atoms with Crippen molar-refractivity contribution in [3.63, 3.8) is 0 Å². The number of unbranched alkanes of at least 4 members (excludes halogenated alkanes) is 19. The lowest BCUT2D eigenvalue weighted by atomic mass is 9.99. The fourth-order valence-electron chi connectivity index (χ4n) is 5.36. The summed E-state index contributed by atoms with van der Waals surface area (Å²) in [5.74, 6) is -0.0171. The molecule has 0 aliphatic carbocycles. The first-order valence-corrected chi connectivity index (χ1v) is 18.9. The fraction of sp³-hybridized carbons (Fsp3) is 0.921. The van der Waals surface area contributed by atoms with E-state index in [4.69, 9.17) is 14.2 Å². The molecule has 6 nitrogen and oxygen atoms in total. The van der Waals surface area contributed by atoms with E-state index in [9.17, 15) is 14.4 Å². The Morgan fingerprint density at radius 1 is 0.455 bits per heavy atom. The maximum atomic E-state index is 12.4. The van der Waals surface area contributed by atoms with Gasteiger partial charge in [0.15, 0.2) is 6.10 Å². The molecule has 0 amide bonds. The second-order valence-corrected chi connectivity index (χ2v) is 13.1. The number of hydrogen-bond donors (Lipinski definition) is 0. The second-order valence-electron chi connectivity index (χ2n) is 13.1. The highest BCUT2D eigenvalue weighted by Gasteiger charge is 2.19. The molecule has 0 spiro atoms. The Bertz CT molecular complexity index is 664. The van der Waals surface area contributed by atoms with Crippen molar-refractivity contribution in [1.29, 1.82) is 0 Å². The molecule has 0 rings (SSSR count). The molecule has 0 bridgehead atoms. The number of rotatable bonds is 33. The van der Waals surface area contributed by atoms with Crippen LogP contribution in [0.15, 0.2) is 0 Å².